The van der Waals surface area contributed by atoms with E-state index in [1.165, 1.54) is 12.1 Å². The van der Waals surface area contributed by atoms with Crippen LogP contribution in [0.25, 0.3) is 0 Å². The number of rotatable bonds is 6. The molecule has 146 valence electrons. The van der Waals surface area contributed by atoms with Crippen molar-refractivity contribution in [1.29, 1.82) is 0 Å². The predicted octanol–water partition coefficient (Wildman–Crippen LogP) is 3.20. The highest BCUT2D eigenvalue weighted by Gasteiger charge is 2.34. The smallest absolute Gasteiger partial charge is 0.429 e. The van der Waals surface area contributed by atoms with Crippen LogP contribution in [0, 0.1) is 16.0 Å². The monoisotopic (exact) mass is 377 g/mol. The van der Waals surface area contributed by atoms with Crippen LogP contribution in [0.3, 0.4) is 0 Å². The number of hydrazine groups is 1. The van der Waals surface area contributed by atoms with E-state index in [9.17, 15) is 19.7 Å². The number of nitro benzene ring substituents is 1. The number of amides is 2. The van der Waals surface area contributed by atoms with E-state index in [-0.39, 0.29) is 30.9 Å². The molecule has 2 amide bonds. The van der Waals surface area contributed by atoms with Crippen LogP contribution in [0.1, 0.15) is 25.8 Å². The van der Waals surface area contributed by atoms with Crippen molar-refractivity contribution in [3.8, 4) is 0 Å². The maximum Gasteiger partial charge on any atom is 0.429 e. The normalized spacial score (nSPS) is 18.0. The molecule has 0 aromatic heterocycles. The minimum Gasteiger partial charge on any atom is -0.449 e. The van der Waals surface area contributed by atoms with E-state index in [1.54, 1.807) is 26.0 Å². The Morgan fingerprint density at radius 1 is 1.22 bits per heavy atom. The van der Waals surface area contributed by atoms with Crippen molar-refractivity contribution in [2.45, 2.75) is 32.7 Å². The fourth-order valence-electron chi connectivity index (χ4n) is 2.94. The molecule has 0 fully saturated rings. The van der Waals surface area contributed by atoms with E-state index in [4.69, 9.17) is 9.47 Å². The molecule has 1 N–H and O–H groups in total. The third kappa shape index (κ3) is 5.44. The van der Waals surface area contributed by atoms with E-state index >= 15 is 0 Å². The van der Waals surface area contributed by atoms with Crippen molar-refractivity contribution in [3.63, 3.8) is 0 Å². The zero-order chi connectivity index (χ0) is 19.8. The Bertz CT molecular complexity index is 704. The van der Waals surface area contributed by atoms with Gasteiger partial charge in [-0.1, -0.05) is 24.3 Å². The molecule has 1 aliphatic carbocycles. The zero-order valence-electron chi connectivity index (χ0n) is 15.3. The first-order valence-electron chi connectivity index (χ1n) is 8.75. The largest absolute Gasteiger partial charge is 0.449 e. The van der Waals surface area contributed by atoms with E-state index in [0.29, 0.717) is 12.8 Å². The van der Waals surface area contributed by atoms with Gasteiger partial charge in [-0.3, -0.25) is 10.1 Å². The van der Waals surface area contributed by atoms with Crippen LogP contribution in [-0.4, -0.2) is 41.4 Å². The average Bonchev–Trinajstić information content (AvgIpc) is 3.08. The summed E-state index contributed by atoms with van der Waals surface area (Å²) in [6.45, 7) is 3.70. The van der Waals surface area contributed by atoms with Crippen LogP contribution < -0.4 is 5.43 Å². The van der Waals surface area contributed by atoms with Gasteiger partial charge in [0.2, 0.25) is 0 Å². The second-order valence-electron chi connectivity index (χ2n) is 5.92. The van der Waals surface area contributed by atoms with Gasteiger partial charge in [0, 0.05) is 18.1 Å². The summed E-state index contributed by atoms with van der Waals surface area (Å²) in [5.74, 6) is -0.0854. The molecule has 0 aliphatic heterocycles. The number of hydrogen-bond acceptors (Lipinski definition) is 6. The molecule has 9 heteroatoms. The highest BCUT2D eigenvalue weighted by Crippen LogP contribution is 2.27. The zero-order valence-corrected chi connectivity index (χ0v) is 15.3. The lowest BCUT2D eigenvalue weighted by molar-refractivity contribution is -0.384. The maximum atomic E-state index is 12.3. The Morgan fingerprint density at radius 3 is 2.48 bits per heavy atom. The summed E-state index contributed by atoms with van der Waals surface area (Å²) < 4.78 is 9.92. The predicted molar refractivity (Wildman–Crippen MR) is 96.9 cm³/mol. The highest BCUT2D eigenvalue weighted by molar-refractivity contribution is 5.74. The van der Waals surface area contributed by atoms with Crippen LogP contribution in [0.15, 0.2) is 36.4 Å². The molecule has 0 saturated heterocycles. The summed E-state index contributed by atoms with van der Waals surface area (Å²) in [7, 11) is 0. The number of benzene rings is 1. The van der Waals surface area contributed by atoms with Crippen LogP contribution in [0.4, 0.5) is 15.3 Å². The number of nitro groups is 1. The molecule has 1 aliphatic rings. The van der Waals surface area contributed by atoms with Crippen molar-refractivity contribution in [1.82, 2.24) is 10.4 Å². The van der Waals surface area contributed by atoms with Crippen molar-refractivity contribution < 1.29 is 24.0 Å². The van der Waals surface area contributed by atoms with Crippen LogP contribution in [-0.2, 0) is 15.9 Å². The van der Waals surface area contributed by atoms with Gasteiger partial charge in [0.25, 0.3) is 5.69 Å². The van der Waals surface area contributed by atoms with Gasteiger partial charge < -0.3 is 9.47 Å². The summed E-state index contributed by atoms with van der Waals surface area (Å²) in [5.41, 5.74) is 3.37. The number of carbonyl (C=O) groups excluding carboxylic acids is 2. The van der Waals surface area contributed by atoms with E-state index < -0.39 is 17.1 Å². The molecule has 2 atom stereocenters. The molecule has 0 radical (unpaired) electrons. The summed E-state index contributed by atoms with van der Waals surface area (Å²) in [6, 6.07) is 5.93. The average molecular weight is 377 g/mol. The number of nitrogens with zero attached hydrogens (tertiary/aromatic N) is 2. The van der Waals surface area contributed by atoms with Gasteiger partial charge in [0.05, 0.1) is 24.2 Å². The van der Waals surface area contributed by atoms with Gasteiger partial charge in [0.1, 0.15) is 0 Å². The number of ether oxygens (including phenoxy) is 2. The number of carbonyl (C=O) groups is 2. The van der Waals surface area contributed by atoms with Crippen molar-refractivity contribution >= 4 is 17.9 Å². The second kappa shape index (κ2) is 9.56. The lowest BCUT2D eigenvalue weighted by Crippen LogP contribution is -2.54. The minimum absolute atomic E-state index is 0.0226. The Morgan fingerprint density at radius 2 is 1.89 bits per heavy atom. The molecule has 0 spiro atoms. The van der Waals surface area contributed by atoms with Gasteiger partial charge in [0.15, 0.2) is 0 Å². The quantitative estimate of drug-likeness (QED) is 0.463. The number of hydrogen-bond donors (Lipinski definition) is 1. The van der Waals surface area contributed by atoms with E-state index in [1.807, 2.05) is 12.2 Å². The molecule has 0 unspecified atom stereocenters. The molecule has 0 saturated carbocycles. The third-order valence-corrected chi connectivity index (χ3v) is 4.16. The molecule has 0 heterocycles. The number of non-ortho nitro benzene ring substituents is 1. The Balaban J connectivity index is 2.13. The fourth-order valence-corrected chi connectivity index (χ4v) is 2.94. The Labute approximate surface area is 157 Å². The lowest BCUT2D eigenvalue weighted by Gasteiger charge is -2.31. The van der Waals surface area contributed by atoms with Crippen molar-refractivity contribution in [2.24, 2.45) is 5.92 Å². The van der Waals surface area contributed by atoms with Crippen molar-refractivity contribution in [2.75, 3.05) is 13.2 Å². The molecule has 0 bridgehead atoms. The summed E-state index contributed by atoms with van der Waals surface area (Å²) >= 11 is 0. The van der Waals surface area contributed by atoms with Crippen LogP contribution in [0.5, 0.6) is 0 Å². The lowest BCUT2D eigenvalue weighted by atomic mass is 9.94. The van der Waals surface area contributed by atoms with Gasteiger partial charge in [-0.2, -0.15) is 0 Å². The minimum atomic E-state index is -0.730. The third-order valence-electron chi connectivity index (χ3n) is 4.16. The van der Waals surface area contributed by atoms with Gasteiger partial charge in [-0.25, -0.2) is 20.0 Å². The summed E-state index contributed by atoms with van der Waals surface area (Å²) in [6.07, 6.45) is 3.60. The van der Waals surface area contributed by atoms with Crippen LogP contribution >= 0.6 is 0 Å². The van der Waals surface area contributed by atoms with Crippen molar-refractivity contribution in [3.05, 3.63) is 52.1 Å². The molecule has 27 heavy (non-hydrogen) atoms. The molecule has 2 rings (SSSR count). The summed E-state index contributed by atoms with van der Waals surface area (Å²) in [5, 5.41) is 11.9. The SMILES string of the molecule is CCOC(=O)NN(C(=O)OCC)[C@H]1CC=C[C@@H]1Cc1ccc([N+](=O)[O-])cc1. The summed E-state index contributed by atoms with van der Waals surface area (Å²) in [4.78, 5) is 34.5. The molecule has 1 aromatic rings. The topological polar surface area (TPSA) is 111 Å². The van der Waals surface area contributed by atoms with Gasteiger partial charge in [-0.15, -0.1) is 0 Å². The standard InChI is InChI=1S/C18H23N3O6/c1-3-26-17(22)19-20(18(23)27-4-2)16-7-5-6-14(16)12-13-8-10-15(11-9-13)21(24)25/h5-6,8-11,14,16H,3-4,7,12H2,1-2H3,(H,19,22)/t14-,16+/m1/s1. The first-order valence-corrected chi connectivity index (χ1v) is 8.75. The molecule has 9 nitrogen and oxygen atoms in total. The Kier molecular flexibility index (Phi) is 7.16. The van der Waals surface area contributed by atoms with E-state index in [2.05, 4.69) is 5.43 Å². The van der Waals surface area contributed by atoms with Gasteiger partial charge in [-0.05, 0) is 32.3 Å². The molecule has 1 aromatic carbocycles. The van der Waals surface area contributed by atoms with Gasteiger partial charge >= 0.3 is 12.2 Å². The maximum absolute atomic E-state index is 12.3. The van der Waals surface area contributed by atoms with Crippen LogP contribution in [0.2, 0.25) is 0 Å². The molecular formula is C18H23N3O6. The fraction of sp³-hybridized carbons (Fsp3) is 0.444. The first-order chi connectivity index (χ1) is 13.0. The highest BCUT2D eigenvalue weighted by atomic mass is 16.6. The first kappa shape index (κ1) is 20.2. The second-order valence-corrected chi connectivity index (χ2v) is 5.92. The van der Waals surface area contributed by atoms with E-state index in [0.717, 1.165) is 10.6 Å². The Hall–Kier alpha value is -3.10. The molecular weight excluding hydrogens is 354 g/mol. The number of nitrogens with one attached hydrogen (secondary N) is 1.